The van der Waals surface area contributed by atoms with E-state index < -0.39 is 0 Å². The Morgan fingerprint density at radius 1 is 1.67 bits per heavy atom. The van der Waals surface area contributed by atoms with E-state index in [1.54, 1.807) is 0 Å². The van der Waals surface area contributed by atoms with Gasteiger partial charge in [-0.25, -0.2) is 0 Å². The van der Waals surface area contributed by atoms with Gasteiger partial charge in [0.2, 0.25) is 5.78 Å². The van der Waals surface area contributed by atoms with Crippen molar-refractivity contribution in [1.29, 1.82) is 0 Å². The fourth-order valence-electron chi connectivity index (χ4n) is 1.05. The molecule has 1 saturated heterocycles. The lowest BCUT2D eigenvalue weighted by molar-refractivity contribution is -0.114. The Kier molecular flexibility index (Phi) is 6.59. The second kappa shape index (κ2) is 7.82. The van der Waals surface area contributed by atoms with Gasteiger partial charge in [0, 0.05) is 12.8 Å². The average molecular weight is 228 g/mol. The van der Waals surface area contributed by atoms with E-state index in [2.05, 4.69) is 18.5 Å². The Labute approximate surface area is 92.7 Å². The van der Waals surface area contributed by atoms with E-state index in [1.165, 1.54) is 0 Å². The number of hydrogen-bond donors (Lipinski definition) is 0. The van der Waals surface area contributed by atoms with Crippen molar-refractivity contribution in [1.82, 2.24) is 0 Å². The van der Waals surface area contributed by atoms with Gasteiger partial charge >= 0.3 is 0 Å². The molecule has 0 spiro atoms. The molecule has 2 atom stereocenters. The SMILES string of the molecule is CPCOCCC#CC(=O)CCC1CO1. The molecule has 1 aliphatic rings. The van der Waals surface area contributed by atoms with Crippen LogP contribution in [-0.2, 0) is 14.3 Å². The average Bonchev–Trinajstić information content (AvgIpc) is 3.04. The monoisotopic (exact) mass is 228 g/mol. The molecule has 0 saturated carbocycles. The molecule has 3 nitrogen and oxygen atoms in total. The van der Waals surface area contributed by atoms with E-state index in [0.29, 0.717) is 25.6 Å². The molecule has 1 heterocycles. The Hall–Kier alpha value is -0.420. The Morgan fingerprint density at radius 2 is 2.47 bits per heavy atom. The van der Waals surface area contributed by atoms with Crippen LogP contribution in [0.15, 0.2) is 0 Å². The van der Waals surface area contributed by atoms with Crippen LogP contribution in [0.1, 0.15) is 19.3 Å². The molecule has 84 valence electrons. The Morgan fingerprint density at radius 3 is 3.13 bits per heavy atom. The molecule has 15 heavy (non-hydrogen) atoms. The van der Waals surface area contributed by atoms with Gasteiger partial charge < -0.3 is 9.47 Å². The number of ether oxygens (including phenoxy) is 2. The number of rotatable bonds is 7. The molecule has 4 heteroatoms. The van der Waals surface area contributed by atoms with Crippen LogP contribution in [0.5, 0.6) is 0 Å². The van der Waals surface area contributed by atoms with Crippen molar-refractivity contribution in [2.45, 2.75) is 25.4 Å². The third kappa shape index (κ3) is 7.50. The summed E-state index contributed by atoms with van der Waals surface area (Å²) in [5, 5.41) is 0. The molecule has 0 aliphatic carbocycles. The summed E-state index contributed by atoms with van der Waals surface area (Å²) in [6.45, 7) is 3.54. The van der Waals surface area contributed by atoms with Crippen LogP contribution in [0, 0.1) is 11.8 Å². The largest absolute Gasteiger partial charge is 0.376 e. The first-order valence-corrected chi connectivity index (χ1v) is 6.89. The molecule has 1 fully saturated rings. The van der Waals surface area contributed by atoms with Crippen LogP contribution in [0.2, 0.25) is 0 Å². The minimum atomic E-state index is 0.0165. The molecule has 0 aromatic rings. The molecule has 0 N–H and O–H groups in total. The molecule has 0 aromatic heterocycles. The van der Waals surface area contributed by atoms with Gasteiger partial charge in [-0.1, -0.05) is 14.5 Å². The lowest BCUT2D eigenvalue weighted by Crippen LogP contribution is -1.97. The van der Waals surface area contributed by atoms with Gasteiger partial charge in [0.05, 0.1) is 25.7 Å². The van der Waals surface area contributed by atoms with Crippen molar-refractivity contribution in [3.05, 3.63) is 0 Å². The first-order chi connectivity index (χ1) is 7.33. The molecule has 0 radical (unpaired) electrons. The zero-order chi connectivity index (χ0) is 10.9. The van der Waals surface area contributed by atoms with Crippen LogP contribution in [0.25, 0.3) is 0 Å². The van der Waals surface area contributed by atoms with Gasteiger partial charge in [-0.05, 0) is 19.0 Å². The highest BCUT2D eigenvalue weighted by molar-refractivity contribution is 7.36. The minimum Gasteiger partial charge on any atom is -0.376 e. The second-order valence-electron chi connectivity index (χ2n) is 3.38. The van der Waals surface area contributed by atoms with Crippen molar-refractivity contribution in [2.24, 2.45) is 0 Å². The van der Waals surface area contributed by atoms with Crippen molar-refractivity contribution in [3.63, 3.8) is 0 Å². The maximum atomic E-state index is 11.2. The molecule has 0 bridgehead atoms. The number of hydrogen-bond acceptors (Lipinski definition) is 3. The number of epoxide rings is 1. The minimum absolute atomic E-state index is 0.0165. The number of Topliss-reactive ketones (excluding diaryl/α,β-unsaturated/α-hetero) is 1. The summed E-state index contributed by atoms with van der Waals surface area (Å²) in [5.74, 6) is 5.46. The van der Waals surface area contributed by atoms with E-state index in [0.717, 1.165) is 28.0 Å². The summed E-state index contributed by atoms with van der Waals surface area (Å²) in [6.07, 6.45) is 3.12. The smallest absolute Gasteiger partial charge is 0.205 e. The first kappa shape index (κ1) is 12.6. The van der Waals surface area contributed by atoms with Crippen molar-refractivity contribution >= 4 is 14.4 Å². The zero-order valence-electron chi connectivity index (χ0n) is 9.04. The predicted octanol–water partition coefficient (Wildman–Crippen LogP) is 1.41. The van der Waals surface area contributed by atoms with Crippen LogP contribution >= 0.6 is 8.58 Å². The van der Waals surface area contributed by atoms with E-state index in [9.17, 15) is 4.79 Å². The number of carbonyl (C=O) groups excluding carboxylic acids is 1. The van der Waals surface area contributed by atoms with E-state index in [4.69, 9.17) is 9.47 Å². The molecule has 2 unspecified atom stereocenters. The standard InChI is InChI=1S/C11H17O3P/c1-15-9-13-7-3-2-4-10(12)5-6-11-8-14-11/h11,15H,3,5-9H2,1H3. The van der Waals surface area contributed by atoms with Gasteiger partial charge in [0.1, 0.15) is 0 Å². The molecule has 1 rings (SSSR count). The van der Waals surface area contributed by atoms with Gasteiger partial charge in [0.15, 0.2) is 0 Å². The maximum absolute atomic E-state index is 11.2. The highest BCUT2D eigenvalue weighted by Crippen LogP contribution is 2.15. The molecular weight excluding hydrogens is 211 g/mol. The van der Waals surface area contributed by atoms with Crippen molar-refractivity contribution < 1.29 is 14.3 Å². The molecule has 0 aromatic carbocycles. The topological polar surface area (TPSA) is 38.8 Å². The maximum Gasteiger partial charge on any atom is 0.205 e. The summed E-state index contributed by atoms with van der Waals surface area (Å²) in [4.78, 5) is 11.2. The Bertz CT molecular complexity index is 250. The van der Waals surface area contributed by atoms with E-state index in [1.807, 2.05) is 0 Å². The first-order valence-electron chi connectivity index (χ1n) is 5.18. The Balaban J connectivity index is 1.95. The normalized spacial score (nSPS) is 18.9. The second-order valence-corrected chi connectivity index (χ2v) is 4.37. The highest BCUT2D eigenvalue weighted by atomic mass is 31.1. The van der Waals surface area contributed by atoms with Crippen LogP contribution < -0.4 is 0 Å². The summed E-state index contributed by atoms with van der Waals surface area (Å²) < 4.78 is 10.3. The van der Waals surface area contributed by atoms with Crippen molar-refractivity contribution in [2.75, 3.05) is 26.2 Å². The lowest BCUT2D eigenvalue weighted by Gasteiger charge is -1.96. The third-order valence-electron chi connectivity index (χ3n) is 1.94. The number of carbonyl (C=O) groups is 1. The van der Waals surface area contributed by atoms with Gasteiger partial charge in [-0.15, -0.1) is 0 Å². The van der Waals surface area contributed by atoms with E-state index >= 15 is 0 Å². The lowest BCUT2D eigenvalue weighted by atomic mass is 10.2. The summed E-state index contributed by atoms with van der Waals surface area (Å²) in [6, 6.07) is 0. The van der Waals surface area contributed by atoms with Gasteiger partial charge in [-0.3, -0.25) is 4.79 Å². The molecule has 0 amide bonds. The predicted molar refractivity (Wildman–Crippen MR) is 61.4 cm³/mol. The van der Waals surface area contributed by atoms with Crippen LogP contribution in [-0.4, -0.2) is 38.1 Å². The zero-order valence-corrected chi connectivity index (χ0v) is 10.0. The molecular formula is C11H17O3P. The highest BCUT2D eigenvalue weighted by Gasteiger charge is 2.22. The van der Waals surface area contributed by atoms with Crippen LogP contribution in [0.3, 0.4) is 0 Å². The summed E-state index contributed by atoms with van der Waals surface area (Å²) in [5.41, 5.74) is 0. The summed E-state index contributed by atoms with van der Waals surface area (Å²) >= 11 is 0. The third-order valence-corrected chi connectivity index (χ3v) is 2.43. The fraction of sp³-hybridized carbons (Fsp3) is 0.727. The molecule has 1 aliphatic heterocycles. The van der Waals surface area contributed by atoms with Gasteiger partial charge in [0.25, 0.3) is 0 Å². The summed E-state index contributed by atoms with van der Waals surface area (Å²) in [7, 11) is 0.818. The fourth-order valence-corrected chi connectivity index (χ4v) is 1.40. The van der Waals surface area contributed by atoms with E-state index in [-0.39, 0.29) is 5.78 Å². The van der Waals surface area contributed by atoms with Crippen molar-refractivity contribution in [3.8, 4) is 11.8 Å². The van der Waals surface area contributed by atoms with Crippen LogP contribution in [0.4, 0.5) is 0 Å². The quantitative estimate of drug-likeness (QED) is 0.217. The number of ketones is 1. The van der Waals surface area contributed by atoms with Gasteiger partial charge in [-0.2, -0.15) is 0 Å².